The van der Waals surface area contributed by atoms with E-state index in [0.717, 1.165) is 5.92 Å². The van der Waals surface area contributed by atoms with Crippen molar-refractivity contribution in [2.24, 2.45) is 0 Å². The van der Waals surface area contributed by atoms with Gasteiger partial charge in [0.1, 0.15) is 17.5 Å². The molecule has 0 saturated heterocycles. The van der Waals surface area contributed by atoms with E-state index in [9.17, 15) is 15.4 Å². The van der Waals surface area contributed by atoms with E-state index in [-0.39, 0.29) is 17.1 Å². The van der Waals surface area contributed by atoms with Gasteiger partial charge in [0.05, 0.1) is 10.6 Å². The van der Waals surface area contributed by atoms with E-state index in [1.807, 2.05) is 25.7 Å². The van der Waals surface area contributed by atoms with Crippen molar-refractivity contribution in [3.8, 4) is 17.2 Å². The summed E-state index contributed by atoms with van der Waals surface area (Å²) in [5.74, 6) is 1.03. The SMILES string of the molecule is N#Cc1c(-c2ccc([N+](=O)[O-])cc2)cc([C]2[CH][CH][CH][CH]2)nc1N. The Kier molecular flexibility index (Phi) is 3.94. The van der Waals surface area contributed by atoms with Crippen molar-refractivity contribution in [1.82, 2.24) is 4.98 Å². The highest BCUT2D eigenvalue weighted by atomic mass is 16.6. The lowest BCUT2D eigenvalue weighted by Crippen LogP contribution is -2.05. The molecule has 1 aliphatic rings. The molecule has 0 bridgehead atoms. The molecule has 1 saturated carbocycles. The van der Waals surface area contributed by atoms with Gasteiger partial charge in [-0.05, 0) is 49.4 Å². The van der Waals surface area contributed by atoms with E-state index in [1.54, 1.807) is 18.2 Å². The average molecular weight is 303 g/mol. The quantitative estimate of drug-likeness (QED) is 0.693. The largest absolute Gasteiger partial charge is 0.383 e. The van der Waals surface area contributed by atoms with Crippen LogP contribution in [0.4, 0.5) is 11.5 Å². The smallest absolute Gasteiger partial charge is 0.269 e. The topological polar surface area (TPSA) is 106 Å². The van der Waals surface area contributed by atoms with Crippen LogP contribution in [0.25, 0.3) is 11.1 Å². The Morgan fingerprint density at radius 2 is 1.83 bits per heavy atom. The third-order valence-corrected chi connectivity index (χ3v) is 3.51. The first-order valence-corrected chi connectivity index (χ1v) is 6.77. The number of rotatable bonds is 3. The van der Waals surface area contributed by atoms with Crippen LogP contribution in [0.2, 0.25) is 0 Å². The minimum Gasteiger partial charge on any atom is -0.383 e. The van der Waals surface area contributed by atoms with E-state index in [2.05, 4.69) is 11.1 Å². The van der Waals surface area contributed by atoms with Gasteiger partial charge in [-0.2, -0.15) is 5.26 Å². The monoisotopic (exact) mass is 303 g/mol. The van der Waals surface area contributed by atoms with E-state index in [1.165, 1.54) is 12.1 Å². The summed E-state index contributed by atoms with van der Waals surface area (Å²) in [6.45, 7) is 0. The van der Waals surface area contributed by atoms with Crippen molar-refractivity contribution in [2.75, 3.05) is 5.73 Å². The number of nitriles is 1. The van der Waals surface area contributed by atoms with Gasteiger partial charge in [0, 0.05) is 23.6 Å². The Balaban J connectivity index is 2.08. The molecule has 23 heavy (non-hydrogen) atoms. The fourth-order valence-electron chi connectivity index (χ4n) is 2.37. The zero-order valence-corrected chi connectivity index (χ0v) is 11.9. The van der Waals surface area contributed by atoms with Gasteiger partial charge >= 0.3 is 0 Å². The lowest BCUT2D eigenvalue weighted by atomic mass is 9.95. The first kappa shape index (κ1) is 15.0. The molecule has 2 N–H and O–H groups in total. The molecular weight excluding hydrogens is 292 g/mol. The van der Waals surface area contributed by atoms with Gasteiger partial charge in [-0.25, -0.2) is 4.98 Å². The zero-order valence-electron chi connectivity index (χ0n) is 11.9. The van der Waals surface area contributed by atoms with Gasteiger partial charge in [-0.15, -0.1) is 0 Å². The predicted octanol–water partition coefficient (Wildman–Crippen LogP) is 2.86. The number of non-ortho nitro benzene ring substituents is 1. The molecule has 1 heterocycles. The van der Waals surface area contributed by atoms with Crippen LogP contribution in [0.15, 0.2) is 30.3 Å². The number of benzene rings is 1. The van der Waals surface area contributed by atoms with Crippen LogP contribution in [-0.2, 0) is 0 Å². The van der Waals surface area contributed by atoms with Crippen molar-refractivity contribution < 1.29 is 4.92 Å². The van der Waals surface area contributed by atoms with Crippen molar-refractivity contribution in [3.63, 3.8) is 0 Å². The van der Waals surface area contributed by atoms with Crippen molar-refractivity contribution in [2.45, 2.75) is 0 Å². The summed E-state index contributed by atoms with van der Waals surface area (Å²) in [5, 5.41) is 20.1. The number of nitrogens with zero attached hydrogens (tertiary/aromatic N) is 3. The molecule has 111 valence electrons. The van der Waals surface area contributed by atoms with Crippen LogP contribution in [0.3, 0.4) is 0 Å². The Bertz CT molecular complexity index is 787. The molecular formula is C17H11N4O2. The number of hydrogen-bond acceptors (Lipinski definition) is 5. The molecule has 6 nitrogen and oxygen atoms in total. The number of nitro groups is 1. The molecule has 6 heteroatoms. The third kappa shape index (κ3) is 2.86. The van der Waals surface area contributed by atoms with E-state index in [4.69, 9.17) is 5.73 Å². The molecule has 0 spiro atoms. The molecule has 5 radical (unpaired) electrons. The average Bonchev–Trinajstić information content (AvgIpc) is 3.08. The predicted molar refractivity (Wildman–Crippen MR) is 85.0 cm³/mol. The molecule has 1 fully saturated rings. The molecule has 0 amide bonds. The first-order chi connectivity index (χ1) is 11.1. The Hall–Kier alpha value is -2.94. The highest BCUT2D eigenvalue weighted by Gasteiger charge is 2.23. The van der Waals surface area contributed by atoms with E-state index >= 15 is 0 Å². The second-order valence-electron chi connectivity index (χ2n) is 4.90. The molecule has 1 aliphatic carbocycles. The maximum Gasteiger partial charge on any atom is 0.269 e. The summed E-state index contributed by atoms with van der Waals surface area (Å²) in [6, 6.07) is 9.82. The number of anilines is 1. The van der Waals surface area contributed by atoms with Crippen LogP contribution in [0, 0.1) is 53.0 Å². The summed E-state index contributed by atoms with van der Waals surface area (Å²) in [4.78, 5) is 14.6. The number of pyridine rings is 1. The normalized spacial score (nSPS) is 14.6. The number of hydrogen-bond donors (Lipinski definition) is 1. The zero-order chi connectivity index (χ0) is 16.4. The maximum atomic E-state index is 10.8. The highest BCUT2D eigenvalue weighted by molar-refractivity contribution is 5.77. The fraction of sp³-hybridized carbons (Fsp3) is 0. The Morgan fingerprint density at radius 1 is 1.17 bits per heavy atom. The summed E-state index contributed by atoms with van der Waals surface area (Å²) < 4.78 is 0. The van der Waals surface area contributed by atoms with Gasteiger partial charge in [0.15, 0.2) is 0 Å². The molecule has 0 atom stereocenters. The second kappa shape index (κ2) is 6.05. The number of nitrogen functional groups attached to an aromatic ring is 1. The first-order valence-electron chi connectivity index (χ1n) is 6.77. The molecule has 2 aromatic rings. The fourth-order valence-corrected chi connectivity index (χ4v) is 2.37. The number of nitro benzene ring substituents is 1. The van der Waals surface area contributed by atoms with Gasteiger partial charge < -0.3 is 5.73 Å². The molecule has 1 aromatic heterocycles. The lowest BCUT2D eigenvalue weighted by Gasteiger charge is -2.13. The van der Waals surface area contributed by atoms with E-state index in [0.29, 0.717) is 16.8 Å². The summed E-state index contributed by atoms with van der Waals surface area (Å²) >= 11 is 0. The third-order valence-electron chi connectivity index (χ3n) is 3.51. The summed E-state index contributed by atoms with van der Waals surface area (Å²) in [6.07, 6.45) is 7.56. The van der Waals surface area contributed by atoms with Crippen LogP contribution in [0.5, 0.6) is 0 Å². The van der Waals surface area contributed by atoms with Gasteiger partial charge in [-0.3, -0.25) is 10.1 Å². The summed E-state index contributed by atoms with van der Waals surface area (Å²) in [7, 11) is 0. The molecule has 0 aliphatic heterocycles. The van der Waals surface area contributed by atoms with E-state index < -0.39 is 4.92 Å². The van der Waals surface area contributed by atoms with Crippen molar-refractivity contribution >= 4 is 11.5 Å². The molecule has 1 aromatic carbocycles. The van der Waals surface area contributed by atoms with Crippen LogP contribution in [0.1, 0.15) is 11.3 Å². The van der Waals surface area contributed by atoms with Gasteiger partial charge in [-0.1, -0.05) is 0 Å². The minimum absolute atomic E-state index is 0.00876. The van der Waals surface area contributed by atoms with Gasteiger partial charge in [0.25, 0.3) is 5.69 Å². The van der Waals surface area contributed by atoms with Crippen LogP contribution >= 0.6 is 0 Å². The summed E-state index contributed by atoms with van der Waals surface area (Å²) in [5.41, 5.74) is 8.09. The Labute approximate surface area is 133 Å². The minimum atomic E-state index is -0.467. The standard InChI is InChI=1S/C17H11N4O2/c18-10-15-14(11-5-7-13(8-6-11)21(22)23)9-16(20-17(15)19)12-3-1-2-4-12/h1-9H,(H2,19,20). The number of nitrogens with two attached hydrogens (primary N) is 1. The van der Waals surface area contributed by atoms with Crippen molar-refractivity contribution in [1.29, 1.82) is 5.26 Å². The maximum absolute atomic E-state index is 10.8. The second-order valence-corrected chi connectivity index (χ2v) is 4.90. The lowest BCUT2D eigenvalue weighted by molar-refractivity contribution is -0.384. The molecule has 3 rings (SSSR count). The highest BCUT2D eigenvalue weighted by Crippen LogP contribution is 2.34. The Morgan fingerprint density at radius 3 is 2.39 bits per heavy atom. The van der Waals surface area contributed by atoms with Crippen LogP contribution < -0.4 is 5.73 Å². The van der Waals surface area contributed by atoms with Crippen molar-refractivity contribution in [3.05, 3.63) is 83.3 Å². The van der Waals surface area contributed by atoms with Gasteiger partial charge in [0.2, 0.25) is 0 Å². The molecule has 0 unspecified atom stereocenters. The number of aromatic nitrogens is 1. The van der Waals surface area contributed by atoms with Crippen LogP contribution in [-0.4, -0.2) is 9.91 Å².